The Bertz CT molecular complexity index is 821. The third kappa shape index (κ3) is 5.93. The van der Waals surface area contributed by atoms with E-state index in [0.717, 1.165) is 23.3 Å². The molecule has 0 saturated carbocycles. The Balaban J connectivity index is 2.36. The van der Waals surface area contributed by atoms with Crippen molar-refractivity contribution in [1.82, 2.24) is 4.98 Å². The molecule has 5 heteroatoms. The van der Waals surface area contributed by atoms with Crippen molar-refractivity contribution in [1.29, 1.82) is 0 Å². The van der Waals surface area contributed by atoms with Gasteiger partial charge >= 0.3 is 0 Å². The molecule has 0 spiro atoms. The molecule has 0 unspecified atom stereocenters. The summed E-state index contributed by atoms with van der Waals surface area (Å²) in [5.41, 5.74) is 8.71. The molecule has 0 aliphatic heterocycles. The van der Waals surface area contributed by atoms with E-state index < -0.39 is 5.54 Å². The number of allylic oxidation sites excluding steroid dienone is 1. The van der Waals surface area contributed by atoms with E-state index in [-0.39, 0.29) is 17.9 Å². The van der Waals surface area contributed by atoms with Crippen LogP contribution in [0.25, 0.3) is 5.57 Å². The van der Waals surface area contributed by atoms with Crippen LogP contribution in [0.15, 0.2) is 42.6 Å². The highest BCUT2D eigenvalue weighted by atomic mass is 16.5. The topological polar surface area (TPSA) is 85.4 Å². The van der Waals surface area contributed by atoms with Gasteiger partial charge in [-0.15, -0.1) is 0 Å². The van der Waals surface area contributed by atoms with Crippen LogP contribution in [0.4, 0.5) is 0 Å². The molecule has 0 atom stereocenters. The van der Waals surface area contributed by atoms with Gasteiger partial charge in [0.2, 0.25) is 0 Å². The highest BCUT2D eigenvalue weighted by Crippen LogP contribution is 2.29. The maximum absolute atomic E-state index is 11.2. The minimum Gasteiger partial charge on any atom is -0.507 e. The number of aldehydes is 1. The number of phenolic OH excluding ortho intramolecular Hbond substituents is 1. The number of hydrogen-bond donors (Lipinski definition) is 2. The number of carbonyl (C=O) groups excluding carboxylic acids is 1. The van der Waals surface area contributed by atoms with E-state index in [2.05, 4.69) is 18.8 Å². The predicted octanol–water partition coefficient (Wildman–Crippen LogP) is 4.35. The highest BCUT2D eigenvalue weighted by molar-refractivity contribution is 5.83. The van der Waals surface area contributed by atoms with Crippen LogP contribution in [-0.4, -0.2) is 21.9 Å². The fourth-order valence-electron chi connectivity index (χ4n) is 2.89. The number of phenols is 1. The molecule has 27 heavy (non-hydrogen) atoms. The molecule has 0 amide bonds. The van der Waals surface area contributed by atoms with Gasteiger partial charge in [0.05, 0.1) is 11.3 Å². The van der Waals surface area contributed by atoms with Crippen LogP contribution < -0.4 is 10.5 Å². The van der Waals surface area contributed by atoms with E-state index in [9.17, 15) is 9.90 Å². The number of benzene rings is 1. The zero-order chi connectivity index (χ0) is 20.0. The van der Waals surface area contributed by atoms with Crippen LogP contribution in [0.2, 0.25) is 0 Å². The molecule has 0 aliphatic rings. The molecule has 1 aromatic carbocycles. The minimum absolute atomic E-state index is 0.0980. The van der Waals surface area contributed by atoms with Gasteiger partial charge in [-0.2, -0.15) is 0 Å². The van der Waals surface area contributed by atoms with Crippen LogP contribution >= 0.6 is 0 Å². The van der Waals surface area contributed by atoms with Crippen molar-refractivity contribution in [3.63, 3.8) is 0 Å². The van der Waals surface area contributed by atoms with Crippen molar-refractivity contribution < 1.29 is 14.6 Å². The summed E-state index contributed by atoms with van der Waals surface area (Å²) in [4.78, 5) is 15.8. The summed E-state index contributed by atoms with van der Waals surface area (Å²) in [7, 11) is 0. The lowest BCUT2D eigenvalue weighted by molar-refractivity contribution is 0.111. The first-order chi connectivity index (χ1) is 12.7. The van der Waals surface area contributed by atoms with Gasteiger partial charge in [0, 0.05) is 17.3 Å². The zero-order valence-corrected chi connectivity index (χ0v) is 16.4. The van der Waals surface area contributed by atoms with E-state index >= 15 is 0 Å². The predicted molar refractivity (Wildman–Crippen MR) is 108 cm³/mol. The molecule has 0 bridgehead atoms. The standard InChI is InChI=1S/C22H28N2O3/c1-15(2)11-17(12-22(3,4)23)21-16(7-6-10-24-21)14-27-20-9-5-8-19(26)18(20)13-25/h5-10,12-13,15,26H,11,14,23H2,1-4H3. The van der Waals surface area contributed by atoms with Gasteiger partial charge in [0.25, 0.3) is 0 Å². The molecule has 5 nitrogen and oxygen atoms in total. The Hall–Kier alpha value is -2.66. The molecular weight excluding hydrogens is 340 g/mol. The van der Waals surface area contributed by atoms with Crippen molar-refractivity contribution in [2.24, 2.45) is 11.7 Å². The number of carbonyl (C=O) groups is 1. The number of ether oxygens (including phenoxy) is 1. The number of rotatable bonds is 8. The molecule has 1 aromatic heterocycles. The van der Waals surface area contributed by atoms with Gasteiger partial charge in [-0.25, -0.2) is 0 Å². The summed E-state index contributed by atoms with van der Waals surface area (Å²) in [6.07, 6.45) is 5.23. The second-order valence-electron chi connectivity index (χ2n) is 7.70. The third-order valence-electron chi connectivity index (χ3n) is 3.91. The first-order valence-corrected chi connectivity index (χ1v) is 9.06. The summed E-state index contributed by atoms with van der Waals surface area (Å²) < 4.78 is 5.83. The average molecular weight is 368 g/mol. The van der Waals surface area contributed by atoms with E-state index in [1.165, 1.54) is 6.07 Å². The Labute approximate surface area is 160 Å². The summed E-state index contributed by atoms with van der Waals surface area (Å²) in [5.74, 6) is 0.689. The number of nitrogens with zero attached hydrogens (tertiary/aromatic N) is 1. The van der Waals surface area contributed by atoms with Crippen molar-refractivity contribution in [3.8, 4) is 11.5 Å². The van der Waals surface area contributed by atoms with Crippen LogP contribution in [0.5, 0.6) is 11.5 Å². The fraction of sp³-hybridized carbons (Fsp3) is 0.364. The smallest absolute Gasteiger partial charge is 0.157 e. The number of hydrogen-bond acceptors (Lipinski definition) is 5. The van der Waals surface area contributed by atoms with Crippen molar-refractivity contribution in [3.05, 3.63) is 59.4 Å². The molecule has 3 N–H and O–H groups in total. The van der Waals surface area contributed by atoms with Crippen molar-refractivity contribution in [2.75, 3.05) is 0 Å². The van der Waals surface area contributed by atoms with Crippen molar-refractivity contribution in [2.45, 2.75) is 46.3 Å². The Morgan fingerprint density at radius 2 is 2.04 bits per heavy atom. The maximum atomic E-state index is 11.2. The molecule has 0 fully saturated rings. The third-order valence-corrected chi connectivity index (χ3v) is 3.91. The normalized spacial score (nSPS) is 12.3. The van der Waals surface area contributed by atoms with E-state index in [1.54, 1.807) is 18.3 Å². The number of nitrogens with two attached hydrogens (primary N) is 1. The van der Waals surface area contributed by atoms with Crippen LogP contribution in [0.3, 0.4) is 0 Å². The Morgan fingerprint density at radius 1 is 1.30 bits per heavy atom. The van der Waals surface area contributed by atoms with Gasteiger partial charge in [-0.05, 0) is 50.0 Å². The Morgan fingerprint density at radius 3 is 2.67 bits per heavy atom. The zero-order valence-electron chi connectivity index (χ0n) is 16.4. The molecule has 2 rings (SSSR count). The van der Waals surface area contributed by atoms with E-state index in [1.807, 2.05) is 32.1 Å². The average Bonchev–Trinajstić information content (AvgIpc) is 2.58. The summed E-state index contributed by atoms with van der Waals surface area (Å²) in [6, 6.07) is 8.56. The van der Waals surface area contributed by atoms with Crippen molar-refractivity contribution >= 4 is 11.9 Å². The maximum Gasteiger partial charge on any atom is 0.157 e. The summed E-state index contributed by atoms with van der Waals surface area (Å²) in [6.45, 7) is 8.44. The lowest BCUT2D eigenvalue weighted by Crippen LogP contribution is -2.29. The highest BCUT2D eigenvalue weighted by Gasteiger charge is 2.17. The number of pyridine rings is 1. The van der Waals surface area contributed by atoms with E-state index in [0.29, 0.717) is 18.0 Å². The molecule has 0 aliphatic carbocycles. The quantitative estimate of drug-likeness (QED) is 0.677. The molecule has 0 radical (unpaired) electrons. The lowest BCUT2D eigenvalue weighted by atomic mass is 9.92. The van der Waals surface area contributed by atoms with Crippen LogP contribution in [0, 0.1) is 5.92 Å². The first kappa shape index (κ1) is 20.6. The van der Waals surface area contributed by atoms with Crippen LogP contribution in [0.1, 0.15) is 55.7 Å². The largest absolute Gasteiger partial charge is 0.507 e. The molecule has 1 heterocycles. The summed E-state index contributed by atoms with van der Waals surface area (Å²) in [5, 5.41) is 9.81. The first-order valence-electron chi connectivity index (χ1n) is 9.06. The molecule has 144 valence electrons. The lowest BCUT2D eigenvalue weighted by Gasteiger charge is -2.20. The Kier molecular flexibility index (Phi) is 6.75. The van der Waals surface area contributed by atoms with Gasteiger partial charge in [0.15, 0.2) is 6.29 Å². The molecule has 0 saturated heterocycles. The second kappa shape index (κ2) is 8.82. The van der Waals surface area contributed by atoms with Gasteiger partial charge < -0.3 is 15.6 Å². The van der Waals surface area contributed by atoms with Crippen LogP contribution in [-0.2, 0) is 6.61 Å². The second-order valence-corrected chi connectivity index (χ2v) is 7.70. The minimum atomic E-state index is -0.463. The van der Waals surface area contributed by atoms with Gasteiger partial charge in [-0.1, -0.05) is 32.1 Å². The molecular formula is C22H28N2O3. The number of aromatic hydroxyl groups is 1. The monoisotopic (exact) mass is 368 g/mol. The summed E-state index contributed by atoms with van der Waals surface area (Å²) >= 11 is 0. The van der Waals surface area contributed by atoms with Gasteiger partial charge in [-0.3, -0.25) is 9.78 Å². The van der Waals surface area contributed by atoms with E-state index in [4.69, 9.17) is 10.5 Å². The molecule has 2 aromatic rings. The van der Waals surface area contributed by atoms with Gasteiger partial charge in [0.1, 0.15) is 18.1 Å². The fourth-order valence-corrected chi connectivity index (χ4v) is 2.89. The SMILES string of the molecule is CC(C)CC(=CC(C)(C)N)c1ncccc1COc1cccc(O)c1C=O. The number of aromatic nitrogens is 1.